The van der Waals surface area contributed by atoms with E-state index in [0.29, 0.717) is 0 Å². The van der Waals surface area contributed by atoms with Crippen molar-refractivity contribution in [3.05, 3.63) is 52.6 Å². The third-order valence-corrected chi connectivity index (χ3v) is 3.22. The fraction of sp³-hybridized carbons (Fsp3) is 0.154. The minimum absolute atomic E-state index is 0.104. The first-order chi connectivity index (χ1) is 10.4. The number of hydrogen-bond acceptors (Lipinski definition) is 4. The summed E-state index contributed by atoms with van der Waals surface area (Å²) < 4.78 is 45.5. The van der Waals surface area contributed by atoms with Crippen molar-refractivity contribution in [2.75, 3.05) is 0 Å². The molecule has 1 aromatic carbocycles. The highest BCUT2D eigenvalue weighted by molar-refractivity contribution is 9.10. The summed E-state index contributed by atoms with van der Waals surface area (Å²) in [6, 6.07) is 4.78. The Hall–Kier alpha value is -2.16. The van der Waals surface area contributed by atoms with Gasteiger partial charge < -0.3 is 4.52 Å². The van der Waals surface area contributed by atoms with Crippen LogP contribution in [0.1, 0.15) is 11.5 Å². The molecule has 0 aliphatic heterocycles. The Kier molecular flexibility index (Phi) is 3.73. The first-order valence-corrected chi connectivity index (χ1v) is 6.89. The van der Waals surface area contributed by atoms with E-state index in [0.717, 1.165) is 16.6 Å². The summed E-state index contributed by atoms with van der Waals surface area (Å²) in [5, 5.41) is 7.74. The van der Waals surface area contributed by atoms with Gasteiger partial charge in [-0.25, -0.2) is 0 Å². The van der Waals surface area contributed by atoms with Gasteiger partial charge in [0.25, 0.3) is 0 Å². The van der Waals surface area contributed by atoms with Gasteiger partial charge in [-0.2, -0.15) is 23.3 Å². The first kappa shape index (κ1) is 14.8. The Labute approximate surface area is 130 Å². The predicted molar refractivity (Wildman–Crippen MR) is 73.8 cm³/mol. The van der Waals surface area contributed by atoms with Crippen LogP contribution in [-0.4, -0.2) is 19.9 Å². The average Bonchev–Trinajstić information content (AvgIpc) is 3.08. The second-order valence-electron chi connectivity index (χ2n) is 4.45. The number of nitrogens with zero attached hydrogens (tertiary/aromatic N) is 4. The van der Waals surface area contributed by atoms with Crippen molar-refractivity contribution in [2.45, 2.75) is 12.7 Å². The molecule has 9 heteroatoms. The molecule has 0 amide bonds. The fourth-order valence-corrected chi connectivity index (χ4v) is 2.16. The molecule has 0 saturated carbocycles. The molecule has 0 spiro atoms. The smallest absolute Gasteiger partial charge is 0.337 e. The second-order valence-corrected chi connectivity index (χ2v) is 5.36. The van der Waals surface area contributed by atoms with E-state index in [9.17, 15) is 13.2 Å². The number of aromatic nitrogens is 4. The number of alkyl halides is 3. The minimum Gasteiger partial charge on any atom is -0.337 e. The minimum atomic E-state index is -4.41. The summed E-state index contributed by atoms with van der Waals surface area (Å²) >= 11 is 3.26. The summed E-state index contributed by atoms with van der Waals surface area (Å²) in [4.78, 5) is 4.09. The Morgan fingerprint density at radius 1 is 1.27 bits per heavy atom. The molecule has 5 nitrogen and oxygen atoms in total. The van der Waals surface area contributed by atoms with Crippen molar-refractivity contribution in [1.82, 2.24) is 19.9 Å². The van der Waals surface area contributed by atoms with Gasteiger partial charge in [0.05, 0.1) is 16.2 Å². The SMILES string of the molecule is FC(F)(F)c1cccc(-c2noc(Cn3cc(Br)cn3)n2)c1. The maximum absolute atomic E-state index is 12.7. The van der Waals surface area contributed by atoms with E-state index in [1.165, 1.54) is 12.1 Å². The van der Waals surface area contributed by atoms with Crippen LogP contribution in [0.25, 0.3) is 11.4 Å². The van der Waals surface area contributed by atoms with E-state index in [2.05, 4.69) is 31.2 Å². The third-order valence-electron chi connectivity index (χ3n) is 2.82. The number of benzene rings is 1. The van der Waals surface area contributed by atoms with Crippen LogP contribution in [0.4, 0.5) is 13.2 Å². The molecule has 22 heavy (non-hydrogen) atoms. The molecular formula is C13H8BrF3N4O. The lowest BCUT2D eigenvalue weighted by atomic mass is 10.1. The zero-order valence-electron chi connectivity index (χ0n) is 10.9. The van der Waals surface area contributed by atoms with Gasteiger partial charge in [0.2, 0.25) is 11.7 Å². The van der Waals surface area contributed by atoms with Crippen LogP contribution in [-0.2, 0) is 12.7 Å². The fourth-order valence-electron chi connectivity index (χ4n) is 1.83. The van der Waals surface area contributed by atoms with Gasteiger partial charge in [-0.3, -0.25) is 4.68 Å². The van der Waals surface area contributed by atoms with E-state index >= 15 is 0 Å². The Morgan fingerprint density at radius 2 is 2.09 bits per heavy atom. The van der Waals surface area contributed by atoms with Crippen molar-refractivity contribution < 1.29 is 17.7 Å². The van der Waals surface area contributed by atoms with Gasteiger partial charge in [-0.05, 0) is 28.1 Å². The highest BCUT2D eigenvalue weighted by Crippen LogP contribution is 2.31. The molecule has 0 unspecified atom stereocenters. The van der Waals surface area contributed by atoms with Crippen LogP contribution in [0, 0.1) is 0 Å². The van der Waals surface area contributed by atoms with Crippen molar-refractivity contribution in [3.8, 4) is 11.4 Å². The Bertz CT molecular complexity index is 796. The van der Waals surface area contributed by atoms with Crippen LogP contribution in [0.3, 0.4) is 0 Å². The molecule has 0 bridgehead atoms. The molecule has 114 valence electrons. The predicted octanol–water partition coefficient (Wildman–Crippen LogP) is 3.76. The van der Waals surface area contributed by atoms with Crippen LogP contribution >= 0.6 is 15.9 Å². The van der Waals surface area contributed by atoms with Crippen molar-refractivity contribution >= 4 is 15.9 Å². The largest absolute Gasteiger partial charge is 0.416 e. The lowest BCUT2D eigenvalue weighted by Crippen LogP contribution is -2.04. The molecular weight excluding hydrogens is 365 g/mol. The van der Waals surface area contributed by atoms with E-state index in [-0.39, 0.29) is 23.8 Å². The Balaban J connectivity index is 1.84. The maximum atomic E-state index is 12.7. The van der Waals surface area contributed by atoms with Crippen LogP contribution in [0.15, 0.2) is 45.7 Å². The number of rotatable bonds is 3. The normalized spacial score (nSPS) is 11.8. The van der Waals surface area contributed by atoms with Crippen molar-refractivity contribution in [3.63, 3.8) is 0 Å². The van der Waals surface area contributed by atoms with Crippen molar-refractivity contribution in [2.24, 2.45) is 0 Å². The monoisotopic (exact) mass is 372 g/mol. The quantitative estimate of drug-likeness (QED) is 0.702. The van der Waals surface area contributed by atoms with E-state index < -0.39 is 11.7 Å². The van der Waals surface area contributed by atoms with Gasteiger partial charge in [-0.1, -0.05) is 17.3 Å². The number of hydrogen-bond donors (Lipinski definition) is 0. The molecule has 2 aromatic heterocycles. The summed E-state index contributed by atoms with van der Waals surface area (Å²) in [5.74, 6) is 0.357. The zero-order valence-corrected chi connectivity index (χ0v) is 12.5. The lowest BCUT2D eigenvalue weighted by Gasteiger charge is -2.06. The van der Waals surface area contributed by atoms with Gasteiger partial charge in [-0.15, -0.1) is 0 Å². The van der Waals surface area contributed by atoms with E-state index in [1.54, 1.807) is 17.1 Å². The van der Waals surface area contributed by atoms with Crippen molar-refractivity contribution in [1.29, 1.82) is 0 Å². The Morgan fingerprint density at radius 3 is 2.77 bits per heavy atom. The highest BCUT2D eigenvalue weighted by Gasteiger charge is 2.30. The second kappa shape index (κ2) is 5.56. The molecule has 0 fully saturated rings. The molecule has 0 aliphatic carbocycles. The molecule has 0 aliphatic rings. The summed E-state index contributed by atoms with van der Waals surface area (Å²) in [6.07, 6.45) is -1.10. The van der Waals surface area contributed by atoms with Crippen LogP contribution in [0.2, 0.25) is 0 Å². The van der Waals surface area contributed by atoms with Crippen LogP contribution < -0.4 is 0 Å². The summed E-state index contributed by atoms with van der Waals surface area (Å²) in [5.41, 5.74) is -0.515. The van der Waals surface area contributed by atoms with Crippen LogP contribution in [0.5, 0.6) is 0 Å². The molecule has 0 saturated heterocycles. The molecule has 3 rings (SSSR count). The van der Waals surface area contributed by atoms with Gasteiger partial charge >= 0.3 is 6.18 Å². The summed E-state index contributed by atoms with van der Waals surface area (Å²) in [7, 11) is 0. The third kappa shape index (κ3) is 3.19. The molecule has 2 heterocycles. The highest BCUT2D eigenvalue weighted by atomic mass is 79.9. The molecule has 3 aromatic rings. The van der Waals surface area contributed by atoms with E-state index in [1.807, 2.05) is 0 Å². The standard InChI is InChI=1S/C13H8BrF3N4O/c14-10-5-18-21(6-10)7-11-19-12(20-22-11)8-2-1-3-9(4-8)13(15,16)17/h1-6H,7H2. The first-order valence-electron chi connectivity index (χ1n) is 6.10. The molecule has 0 atom stereocenters. The van der Waals surface area contributed by atoms with Gasteiger partial charge in [0.1, 0.15) is 6.54 Å². The topological polar surface area (TPSA) is 56.7 Å². The molecule has 0 radical (unpaired) electrons. The average molecular weight is 373 g/mol. The maximum Gasteiger partial charge on any atom is 0.416 e. The lowest BCUT2D eigenvalue weighted by molar-refractivity contribution is -0.137. The van der Waals surface area contributed by atoms with Gasteiger partial charge in [0.15, 0.2) is 0 Å². The van der Waals surface area contributed by atoms with Gasteiger partial charge in [0, 0.05) is 11.8 Å². The number of halogens is 4. The summed E-state index contributed by atoms with van der Waals surface area (Å²) in [6.45, 7) is 0.234. The zero-order chi connectivity index (χ0) is 15.7. The molecule has 0 N–H and O–H groups in total. The van der Waals surface area contributed by atoms with E-state index in [4.69, 9.17) is 4.52 Å².